The molecule has 0 radical (unpaired) electrons. The number of nitrogens with zero attached hydrogens (tertiary/aromatic N) is 4. The van der Waals surface area contributed by atoms with E-state index in [1.807, 2.05) is 43.3 Å². The SMILES string of the molecule is CCN1CC(=Cc2ccc(N3CCCCC3)c([N+](=O)[O-])c2)c2nc3ccccc3c(C(=O)O)c2C1. The van der Waals surface area contributed by atoms with Gasteiger partial charge in [0.1, 0.15) is 5.69 Å². The number of fused-ring (bicyclic) bond motifs is 2. The summed E-state index contributed by atoms with van der Waals surface area (Å²) in [6.45, 7) is 5.53. The van der Waals surface area contributed by atoms with Crippen LogP contribution in [-0.2, 0) is 6.54 Å². The Labute approximate surface area is 203 Å². The Kier molecular flexibility index (Phi) is 6.21. The van der Waals surface area contributed by atoms with Gasteiger partial charge in [0, 0.05) is 43.2 Å². The number of aromatic carboxylic acids is 1. The van der Waals surface area contributed by atoms with Crippen LogP contribution in [0.5, 0.6) is 0 Å². The van der Waals surface area contributed by atoms with Crippen LogP contribution >= 0.6 is 0 Å². The molecule has 0 atom stereocenters. The fourth-order valence-electron chi connectivity index (χ4n) is 5.23. The molecule has 2 aromatic carbocycles. The molecule has 1 N–H and O–H groups in total. The Morgan fingerprint density at radius 2 is 1.91 bits per heavy atom. The van der Waals surface area contributed by atoms with Gasteiger partial charge in [-0.15, -0.1) is 0 Å². The van der Waals surface area contributed by atoms with Gasteiger partial charge in [-0.25, -0.2) is 9.78 Å². The number of benzene rings is 2. The van der Waals surface area contributed by atoms with E-state index in [1.165, 1.54) is 0 Å². The topological polar surface area (TPSA) is 99.8 Å². The molecule has 8 heteroatoms. The maximum absolute atomic E-state index is 12.3. The fraction of sp³-hybridized carbons (Fsp3) is 0.333. The Morgan fingerprint density at radius 1 is 1.14 bits per heavy atom. The van der Waals surface area contributed by atoms with Crippen molar-refractivity contribution in [2.45, 2.75) is 32.7 Å². The van der Waals surface area contributed by atoms with Crippen molar-refractivity contribution in [2.24, 2.45) is 0 Å². The molecule has 1 fully saturated rings. The van der Waals surface area contributed by atoms with Gasteiger partial charge in [0.05, 0.1) is 21.7 Å². The third-order valence-corrected chi connectivity index (χ3v) is 6.97. The monoisotopic (exact) mass is 472 g/mol. The highest BCUT2D eigenvalue weighted by Crippen LogP contribution is 2.36. The second kappa shape index (κ2) is 9.46. The largest absolute Gasteiger partial charge is 0.478 e. The van der Waals surface area contributed by atoms with Crippen LogP contribution in [0.3, 0.4) is 0 Å². The predicted molar refractivity (Wildman–Crippen MR) is 137 cm³/mol. The minimum absolute atomic E-state index is 0.0994. The highest BCUT2D eigenvalue weighted by Gasteiger charge is 2.28. The van der Waals surface area contributed by atoms with E-state index in [9.17, 15) is 20.0 Å². The number of aromatic nitrogens is 1. The van der Waals surface area contributed by atoms with E-state index in [0.717, 1.165) is 44.5 Å². The van der Waals surface area contributed by atoms with Crippen LogP contribution in [0.15, 0.2) is 42.5 Å². The number of likely N-dealkylation sites (N-methyl/N-ethyl adjacent to an activating group) is 1. The van der Waals surface area contributed by atoms with Crippen molar-refractivity contribution in [3.8, 4) is 0 Å². The van der Waals surface area contributed by atoms with Gasteiger partial charge in [-0.05, 0) is 55.2 Å². The van der Waals surface area contributed by atoms with Crippen LogP contribution in [-0.4, -0.2) is 52.1 Å². The summed E-state index contributed by atoms with van der Waals surface area (Å²) in [7, 11) is 0. The number of rotatable bonds is 5. The summed E-state index contributed by atoms with van der Waals surface area (Å²) in [4.78, 5) is 33.1. The number of pyridine rings is 1. The quantitative estimate of drug-likeness (QED) is 0.402. The van der Waals surface area contributed by atoms with Gasteiger partial charge in [0.15, 0.2) is 0 Å². The van der Waals surface area contributed by atoms with Crippen LogP contribution in [0.2, 0.25) is 0 Å². The van der Waals surface area contributed by atoms with Crippen LogP contribution in [0.25, 0.3) is 22.6 Å². The third kappa shape index (κ3) is 4.37. The molecule has 0 aliphatic carbocycles. The molecule has 1 saturated heterocycles. The molecule has 2 aliphatic heterocycles. The van der Waals surface area contributed by atoms with E-state index in [4.69, 9.17) is 4.98 Å². The molecule has 180 valence electrons. The standard InChI is InChI=1S/C27H28N4O4/c1-2-29-16-19(26-21(17-29)25(27(32)33)20-8-4-5-9-22(20)28-26)14-18-10-11-23(24(15-18)31(34)35)30-12-6-3-7-13-30/h4-5,8-11,14-15H,2-3,6-7,12-13,16-17H2,1H3,(H,32,33). The van der Waals surface area contributed by atoms with Gasteiger partial charge in [-0.3, -0.25) is 15.0 Å². The molecule has 5 rings (SSSR count). The Balaban J connectivity index is 1.64. The molecule has 2 aliphatic rings. The lowest BCUT2D eigenvalue weighted by molar-refractivity contribution is -0.384. The molecular weight excluding hydrogens is 444 g/mol. The van der Waals surface area contributed by atoms with Gasteiger partial charge >= 0.3 is 5.97 Å². The second-order valence-corrected chi connectivity index (χ2v) is 9.16. The lowest BCUT2D eigenvalue weighted by Gasteiger charge is -2.31. The molecule has 0 spiro atoms. The third-order valence-electron chi connectivity index (χ3n) is 6.97. The molecule has 0 bridgehead atoms. The normalized spacial score (nSPS) is 17.5. The number of nitro groups is 1. The van der Waals surface area contributed by atoms with Gasteiger partial charge in [-0.1, -0.05) is 31.2 Å². The molecule has 35 heavy (non-hydrogen) atoms. The van der Waals surface area contributed by atoms with Crippen molar-refractivity contribution >= 4 is 39.9 Å². The number of hydrogen-bond donors (Lipinski definition) is 1. The zero-order chi connectivity index (χ0) is 24.5. The summed E-state index contributed by atoms with van der Waals surface area (Å²) in [6.07, 6.45) is 5.15. The number of piperidine rings is 1. The smallest absolute Gasteiger partial charge is 0.336 e. The first kappa shape index (κ1) is 23.0. The Hall–Kier alpha value is -3.78. The lowest BCUT2D eigenvalue weighted by atomic mass is 9.92. The molecule has 8 nitrogen and oxygen atoms in total. The van der Waals surface area contributed by atoms with Gasteiger partial charge in [0.2, 0.25) is 0 Å². The van der Waals surface area contributed by atoms with E-state index in [0.29, 0.717) is 46.5 Å². The van der Waals surface area contributed by atoms with Gasteiger partial charge < -0.3 is 10.0 Å². The Morgan fingerprint density at radius 3 is 2.63 bits per heavy atom. The van der Waals surface area contributed by atoms with Crippen LogP contribution < -0.4 is 4.90 Å². The molecule has 0 unspecified atom stereocenters. The van der Waals surface area contributed by atoms with Crippen molar-refractivity contribution in [1.29, 1.82) is 0 Å². The number of nitro benzene ring substituents is 1. The summed E-state index contributed by atoms with van der Waals surface area (Å²) in [6, 6.07) is 12.7. The highest BCUT2D eigenvalue weighted by molar-refractivity contribution is 6.06. The number of hydrogen-bond acceptors (Lipinski definition) is 6. The van der Waals surface area contributed by atoms with Crippen molar-refractivity contribution in [2.75, 3.05) is 31.1 Å². The zero-order valence-corrected chi connectivity index (χ0v) is 19.7. The van der Waals surface area contributed by atoms with Crippen LogP contribution in [0, 0.1) is 10.1 Å². The minimum Gasteiger partial charge on any atom is -0.478 e. The van der Waals surface area contributed by atoms with Crippen LogP contribution in [0.4, 0.5) is 11.4 Å². The molecule has 3 aromatic rings. The van der Waals surface area contributed by atoms with Crippen molar-refractivity contribution in [1.82, 2.24) is 9.88 Å². The van der Waals surface area contributed by atoms with E-state index in [-0.39, 0.29) is 16.2 Å². The lowest BCUT2D eigenvalue weighted by Crippen LogP contribution is -2.31. The number of anilines is 1. The molecule has 0 saturated carbocycles. The van der Waals surface area contributed by atoms with Crippen LogP contribution in [0.1, 0.15) is 53.4 Å². The van der Waals surface area contributed by atoms with E-state index in [2.05, 4.69) is 9.80 Å². The predicted octanol–water partition coefficient (Wildman–Crippen LogP) is 5.21. The minimum atomic E-state index is -0.973. The van der Waals surface area contributed by atoms with Gasteiger partial charge in [0.25, 0.3) is 5.69 Å². The number of carboxylic acids is 1. The first-order valence-electron chi connectivity index (χ1n) is 12.1. The maximum atomic E-state index is 12.3. The second-order valence-electron chi connectivity index (χ2n) is 9.16. The molecule has 0 amide bonds. The van der Waals surface area contributed by atoms with Crippen molar-refractivity contribution < 1.29 is 14.8 Å². The number of para-hydroxylation sites is 1. The highest BCUT2D eigenvalue weighted by atomic mass is 16.6. The van der Waals surface area contributed by atoms with Gasteiger partial charge in [-0.2, -0.15) is 0 Å². The first-order valence-corrected chi connectivity index (χ1v) is 12.1. The number of carboxylic acid groups (broad SMARTS) is 1. The Bertz CT molecular complexity index is 1340. The summed E-state index contributed by atoms with van der Waals surface area (Å²) < 4.78 is 0. The van der Waals surface area contributed by atoms with Crippen molar-refractivity contribution in [3.63, 3.8) is 0 Å². The molecule has 1 aromatic heterocycles. The summed E-state index contributed by atoms with van der Waals surface area (Å²) >= 11 is 0. The van der Waals surface area contributed by atoms with E-state index < -0.39 is 5.97 Å². The maximum Gasteiger partial charge on any atom is 0.336 e. The average molecular weight is 473 g/mol. The summed E-state index contributed by atoms with van der Waals surface area (Å²) in [5.74, 6) is -0.973. The molecular formula is C27H28N4O4. The van der Waals surface area contributed by atoms with Crippen molar-refractivity contribution in [3.05, 3.63) is 75.0 Å². The molecule has 3 heterocycles. The zero-order valence-electron chi connectivity index (χ0n) is 19.7. The fourth-order valence-corrected chi connectivity index (χ4v) is 5.23. The first-order chi connectivity index (χ1) is 17.0. The number of carbonyl (C=O) groups is 1. The summed E-state index contributed by atoms with van der Waals surface area (Å²) in [5.41, 5.74) is 4.59. The average Bonchev–Trinajstić information content (AvgIpc) is 2.87. The summed E-state index contributed by atoms with van der Waals surface area (Å²) in [5, 5.41) is 22.6. The van der Waals surface area contributed by atoms with E-state index >= 15 is 0 Å². The van der Waals surface area contributed by atoms with E-state index in [1.54, 1.807) is 12.1 Å².